The van der Waals surface area contributed by atoms with E-state index in [1.807, 2.05) is 0 Å². The van der Waals surface area contributed by atoms with E-state index < -0.39 is 0 Å². The third kappa shape index (κ3) is 1.85. The van der Waals surface area contributed by atoms with Crippen molar-refractivity contribution < 1.29 is 0 Å². The summed E-state index contributed by atoms with van der Waals surface area (Å²) in [6, 6.07) is 0. The van der Waals surface area contributed by atoms with E-state index in [9.17, 15) is 0 Å². The van der Waals surface area contributed by atoms with E-state index in [1.165, 1.54) is 25.7 Å². The lowest BCUT2D eigenvalue weighted by atomic mass is 9.90. The van der Waals surface area contributed by atoms with Crippen molar-refractivity contribution in [1.29, 1.82) is 0 Å². The maximum Gasteiger partial charge on any atom is 0.117 e. The second-order valence-electron chi connectivity index (χ2n) is 4.23. The van der Waals surface area contributed by atoms with Gasteiger partial charge in [0.1, 0.15) is 5.84 Å². The van der Waals surface area contributed by atoms with Gasteiger partial charge in [-0.15, -0.1) is 0 Å². The van der Waals surface area contributed by atoms with Gasteiger partial charge in [0.2, 0.25) is 0 Å². The fraction of sp³-hybridized carbons (Fsp3) is 0.900. The van der Waals surface area contributed by atoms with Gasteiger partial charge in [-0.2, -0.15) is 0 Å². The van der Waals surface area contributed by atoms with E-state index in [0.29, 0.717) is 0 Å². The highest BCUT2D eigenvalue weighted by Crippen LogP contribution is 2.26. The van der Waals surface area contributed by atoms with Crippen molar-refractivity contribution in [3.63, 3.8) is 0 Å². The summed E-state index contributed by atoms with van der Waals surface area (Å²) in [5.41, 5.74) is 6.25. The maximum atomic E-state index is 6.37. The van der Waals surface area contributed by atoms with Gasteiger partial charge in [0.25, 0.3) is 0 Å². The van der Waals surface area contributed by atoms with E-state index in [-0.39, 0.29) is 5.54 Å². The molecule has 1 saturated carbocycles. The van der Waals surface area contributed by atoms with Crippen molar-refractivity contribution in [2.45, 2.75) is 44.1 Å². The molecule has 2 rings (SSSR count). The van der Waals surface area contributed by atoms with Crippen LogP contribution in [0.4, 0.5) is 0 Å². The van der Waals surface area contributed by atoms with Crippen molar-refractivity contribution in [2.24, 2.45) is 10.7 Å². The first-order chi connectivity index (χ1) is 6.31. The summed E-state index contributed by atoms with van der Waals surface area (Å²) in [4.78, 5) is 4.45. The van der Waals surface area contributed by atoms with Gasteiger partial charge in [-0.1, -0.05) is 25.7 Å². The Morgan fingerprint density at radius 3 is 2.38 bits per heavy atom. The Kier molecular flexibility index (Phi) is 2.54. The van der Waals surface area contributed by atoms with Crippen LogP contribution < -0.4 is 11.1 Å². The van der Waals surface area contributed by atoms with E-state index in [0.717, 1.165) is 31.8 Å². The second kappa shape index (κ2) is 3.66. The topological polar surface area (TPSA) is 50.4 Å². The summed E-state index contributed by atoms with van der Waals surface area (Å²) in [7, 11) is 0. The fourth-order valence-corrected chi connectivity index (χ4v) is 2.33. The van der Waals surface area contributed by atoms with Crippen LogP contribution in [-0.2, 0) is 0 Å². The quantitative estimate of drug-likeness (QED) is 0.594. The molecule has 1 heterocycles. The van der Waals surface area contributed by atoms with Crippen LogP contribution in [0.5, 0.6) is 0 Å². The molecular formula is C10H19N3. The zero-order valence-electron chi connectivity index (χ0n) is 8.18. The monoisotopic (exact) mass is 181 g/mol. The van der Waals surface area contributed by atoms with Crippen LogP contribution in [-0.4, -0.2) is 24.5 Å². The number of nitrogens with one attached hydrogen (secondary N) is 1. The van der Waals surface area contributed by atoms with Gasteiger partial charge in [-0.3, -0.25) is 4.99 Å². The largest absolute Gasteiger partial charge is 0.370 e. The molecule has 1 aliphatic carbocycles. The summed E-state index contributed by atoms with van der Waals surface area (Å²) in [6.07, 6.45) is 7.42. The molecule has 0 radical (unpaired) electrons. The van der Waals surface area contributed by atoms with Crippen molar-refractivity contribution in [2.75, 3.05) is 13.1 Å². The molecule has 0 spiro atoms. The Morgan fingerprint density at radius 1 is 1.15 bits per heavy atom. The number of rotatable bonds is 1. The first kappa shape index (κ1) is 9.00. The zero-order chi connectivity index (χ0) is 9.15. The summed E-state index contributed by atoms with van der Waals surface area (Å²) in [5, 5.41) is 3.32. The number of amidine groups is 1. The molecule has 0 saturated heterocycles. The molecule has 0 aromatic rings. The molecule has 0 amide bonds. The van der Waals surface area contributed by atoms with Crippen LogP contribution in [0.1, 0.15) is 38.5 Å². The van der Waals surface area contributed by atoms with E-state index in [4.69, 9.17) is 5.73 Å². The molecule has 3 heteroatoms. The smallest absolute Gasteiger partial charge is 0.117 e. The lowest BCUT2D eigenvalue weighted by Gasteiger charge is -2.28. The first-order valence-electron chi connectivity index (χ1n) is 5.39. The predicted octanol–water partition coefficient (Wildman–Crippen LogP) is 1.04. The molecule has 0 bridgehead atoms. The SMILES string of the molecule is NC1(C2=NCCN2)CCCCCC1. The third-order valence-corrected chi connectivity index (χ3v) is 3.14. The number of aliphatic imine (C=N–C) groups is 1. The van der Waals surface area contributed by atoms with Crippen molar-refractivity contribution in [3.8, 4) is 0 Å². The van der Waals surface area contributed by atoms with Crippen molar-refractivity contribution >= 4 is 5.84 Å². The number of nitrogens with two attached hydrogens (primary N) is 1. The molecule has 0 atom stereocenters. The van der Waals surface area contributed by atoms with Gasteiger partial charge >= 0.3 is 0 Å². The van der Waals surface area contributed by atoms with Crippen molar-refractivity contribution in [3.05, 3.63) is 0 Å². The van der Waals surface area contributed by atoms with Gasteiger partial charge in [0.15, 0.2) is 0 Å². The molecule has 3 nitrogen and oxygen atoms in total. The molecule has 2 aliphatic rings. The minimum absolute atomic E-state index is 0.118. The van der Waals surface area contributed by atoms with Gasteiger partial charge < -0.3 is 11.1 Å². The first-order valence-corrected chi connectivity index (χ1v) is 5.39. The van der Waals surface area contributed by atoms with Gasteiger partial charge in [0.05, 0.1) is 12.1 Å². The van der Waals surface area contributed by atoms with Crippen LogP contribution in [0.3, 0.4) is 0 Å². The molecular weight excluding hydrogens is 162 g/mol. The average Bonchev–Trinajstić information content (AvgIpc) is 2.57. The minimum Gasteiger partial charge on any atom is -0.370 e. The van der Waals surface area contributed by atoms with Crippen LogP contribution >= 0.6 is 0 Å². The zero-order valence-corrected chi connectivity index (χ0v) is 8.18. The second-order valence-corrected chi connectivity index (χ2v) is 4.23. The lowest BCUT2D eigenvalue weighted by molar-refractivity contribution is 0.483. The highest BCUT2D eigenvalue weighted by Gasteiger charge is 2.33. The third-order valence-electron chi connectivity index (χ3n) is 3.14. The molecule has 74 valence electrons. The molecule has 1 aliphatic heterocycles. The van der Waals surface area contributed by atoms with Crippen LogP contribution in [0.2, 0.25) is 0 Å². The van der Waals surface area contributed by atoms with E-state index in [1.54, 1.807) is 0 Å². The normalized spacial score (nSPS) is 27.6. The standard InChI is InChI=1S/C10H19N3/c11-10(9-12-7-8-13-9)5-3-1-2-4-6-10/h1-8,11H2,(H,12,13). The molecule has 0 aromatic heterocycles. The summed E-state index contributed by atoms with van der Waals surface area (Å²) in [5.74, 6) is 1.08. The molecule has 13 heavy (non-hydrogen) atoms. The Labute approximate surface area is 79.8 Å². The van der Waals surface area contributed by atoms with Crippen LogP contribution in [0.15, 0.2) is 4.99 Å². The number of nitrogens with zero attached hydrogens (tertiary/aromatic N) is 1. The Morgan fingerprint density at radius 2 is 1.85 bits per heavy atom. The number of hydrogen-bond acceptors (Lipinski definition) is 3. The number of hydrogen-bond donors (Lipinski definition) is 2. The Hall–Kier alpha value is -0.570. The molecule has 1 fully saturated rings. The summed E-state index contributed by atoms with van der Waals surface area (Å²) >= 11 is 0. The van der Waals surface area contributed by atoms with Crippen LogP contribution in [0.25, 0.3) is 0 Å². The summed E-state index contributed by atoms with van der Waals surface area (Å²) < 4.78 is 0. The lowest BCUT2D eigenvalue weighted by Crippen LogP contribution is -2.52. The summed E-state index contributed by atoms with van der Waals surface area (Å²) in [6.45, 7) is 1.89. The van der Waals surface area contributed by atoms with Gasteiger partial charge in [-0.25, -0.2) is 0 Å². The highest BCUT2D eigenvalue weighted by atomic mass is 15.1. The fourth-order valence-electron chi connectivity index (χ4n) is 2.33. The van der Waals surface area contributed by atoms with Crippen LogP contribution in [0, 0.1) is 0 Å². The minimum atomic E-state index is -0.118. The van der Waals surface area contributed by atoms with E-state index >= 15 is 0 Å². The van der Waals surface area contributed by atoms with Gasteiger partial charge in [-0.05, 0) is 12.8 Å². The highest BCUT2D eigenvalue weighted by molar-refractivity contribution is 5.92. The molecule has 3 N–H and O–H groups in total. The Balaban J connectivity index is 2.07. The molecule has 0 unspecified atom stereocenters. The van der Waals surface area contributed by atoms with E-state index in [2.05, 4.69) is 10.3 Å². The van der Waals surface area contributed by atoms with Gasteiger partial charge in [0, 0.05) is 6.54 Å². The maximum absolute atomic E-state index is 6.37. The average molecular weight is 181 g/mol. The molecule has 0 aromatic carbocycles. The Bertz CT molecular complexity index is 202. The van der Waals surface area contributed by atoms with Crippen molar-refractivity contribution in [1.82, 2.24) is 5.32 Å². The predicted molar refractivity (Wildman–Crippen MR) is 54.9 cm³/mol.